The van der Waals surface area contributed by atoms with E-state index in [9.17, 15) is 9.90 Å². The van der Waals surface area contributed by atoms with Crippen LogP contribution in [0.1, 0.15) is 40.6 Å². The smallest absolute Gasteiger partial charge is 0.255 e. The first-order valence-electron chi connectivity index (χ1n) is 7.97. The molecule has 1 aromatic heterocycles. The molecule has 122 valence electrons. The Kier molecular flexibility index (Phi) is 5.03. The number of nitrogens with zero attached hydrogens (tertiary/aromatic N) is 2. The van der Waals surface area contributed by atoms with E-state index in [-0.39, 0.29) is 5.91 Å². The van der Waals surface area contributed by atoms with E-state index >= 15 is 0 Å². The molecule has 4 nitrogen and oxygen atoms in total. The van der Waals surface area contributed by atoms with Crippen molar-refractivity contribution in [1.29, 1.82) is 0 Å². The number of rotatable bonds is 5. The van der Waals surface area contributed by atoms with Crippen LogP contribution in [-0.4, -0.2) is 39.5 Å². The maximum atomic E-state index is 12.7. The highest BCUT2D eigenvalue weighted by atomic mass is 35.5. The van der Waals surface area contributed by atoms with E-state index in [1.54, 1.807) is 4.90 Å². The minimum atomic E-state index is -0.617. The van der Waals surface area contributed by atoms with Crippen LogP contribution in [0.5, 0.6) is 0 Å². The van der Waals surface area contributed by atoms with Gasteiger partial charge in [0.05, 0.1) is 17.4 Å². The summed E-state index contributed by atoms with van der Waals surface area (Å²) in [6.07, 6.45) is 2.60. The molecule has 0 radical (unpaired) electrons. The van der Waals surface area contributed by atoms with Crippen LogP contribution in [0.2, 0.25) is 0 Å². The summed E-state index contributed by atoms with van der Waals surface area (Å²) in [7, 11) is 0. The molecule has 1 atom stereocenters. The molecule has 2 aromatic rings. The second-order valence-electron chi connectivity index (χ2n) is 5.87. The fourth-order valence-electron chi connectivity index (χ4n) is 3.11. The number of hydrogen-bond donors (Lipinski definition) is 1. The van der Waals surface area contributed by atoms with Crippen molar-refractivity contribution < 1.29 is 9.90 Å². The minimum Gasteiger partial charge on any atom is -0.387 e. The number of amides is 1. The van der Waals surface area contributed by atoms with Crippen LogP contribution in [0.3, 0.4) is 0 Å². The predicted octanol–water partition coefficient (Wildman–Crippen LogP) is 3.04. The van der Waals surface area contributed by atoms with Gasteiger partial charge in [0.15, 0.2) is 0 Å². The standard InChI is InChI=1S/C18H21ClN2O2/c19-9-4-10-20-12-8-16(22)17-15(18(20)23)7-11-21(17)13-14-5-2-1-3-6-14/h1-3,5-7,11,16,22H,4,8-10,12-13H2. The molecule has 0 spiro atoms. The number of aliphatic hydroxyl groups excluding tert-OH is 1. The summed E-state index contributed by atoms with van der Waals surface area (Å²) in [6, 6.07) is 11.9. The molecule has 1 amide bonds. The van der Waals surface area contributed by atoms with E-state index in [1.165, 1.54) is 0 Å². The normalized spacial score (nSPS) is 17.9. The Bertz CT molecular complexity index is 669. The highest BCUT2D eigenvalue weighted by Crippen LogP contribution is 2.28. The van der Waals surface area contributed by atoms with Gasteiger partial charge in [0.2, 0.25) is 0 Å². The Labute approximate surface area is 141 Å². The number of halogens is 1. The fourth-order valence-corrected chi connectivity index (χ4v) is 3.22. The molecule has 1 aromatic carbocycles. The molecular formula is C18H21ClN2O2. The topological polar surface area (TPSA) is 45.5 Å². The Morgan fingerprint density at radius 2 is 2.00 bits per heavy atom. The summed E-state index contributed by atoms with van der Waals surface area (Å²) in [5.74, 6) is 0.530. The summed E-state index contributed by atoms with van der Waals surface area (Å²) in [4.78, 5) is 14.5. The first kappa shape index (κ1) is 16.1. The Morgan fingerprint density at radius 3 is 2.74 bits per heavy atom. The third kappa shape index (κ3) is 3.43. The summed E-state index contributed by atoms with van der Waals surface area (Å²) >= 11 is 5.74. The molecule has 23 heavy (non-hydrogen) atoms. The van der Waals surface area contributed by atoms with Crippen molar-refractivity contribution in [2.75, 3.05) is 19.0 Å². The van der Waals surface area contributed by atoms with Gasteiger partial charge >= 0.3 is 0 Å². The van der Waals surface area contributed by atoms with E-state index in [2.05, 4.69) is 0 Å². The van der Waals surface area contributed by atoms with E-state index in [1.807, 2.05) is 47.2 Å². The number of aliphatic hydroxyl groups is 1. The Hall–Kier alpha value is -1.78. The number of carbonyl (C=O) groups is 1. The summed E-state index contributed by atoms with van der Waals surface area (Å²) in [5, 5.41) is 10.5. The maximum Gasteiger partial charge on any atom is 0.255 e. The molecule has 0 aliphatic carbocycles. The van der Waals surface area contributed by atoms with Gasteiger partial charge < -0.3 is 14.6 Å². The predicted molar refractivity (Wildman–Crippen MR) is 90.8 cm³/mol. The molecule has 1 aliphatic heterocycles. The van der Waals surface area contributed by atoms with Crippen molar-refractivity contribution in [2.45, 2.75) is 25.5 Å². The van der Waals surface area contributed by atoms with Gasteiger partial charge in [-0.25, -0.2) is 0 Å². The number of benzene rings is 1. The lowest BCUT2D eigenvalue weighted by Gasteiger charge is -2.19. The van der Waals surface area contributed by atoms with Crippen molar-refractivity contribution in [3.63, 3.8) is 0 Å². The lowest BCUT2D eigenvalue weighted by molar-refractivity contribution is 0.0747. The molecule has 5 heteroatoms. The van der Waals surface area contributed by atoms with Crippen molar-refractivity contribution >= 4 is 17.5 Å². The van der Waals surface area contributed by atoms with Gasteiger partial charge in [0.1, 0.15) is 0 Å². The largest absolute Gasteiger partial charge is 0.387 e. The van der Waals surface area contributed by atoms with E-state index in [0.29, 0.717) is 37.5 Å². The zero-order chi connectivity index (χ0) is 16.2. The monoisotopic (exact) mass is 332 g/mol. The van der Waals surface area contributed by atoms with Gasteiger partial charge in [-0.1, -0.05) is 30.3 Å². The molecular weight excluding hydrogens is 312 g/mol. The van der Waals surface area contributed by atoms with Crippen molar-refractivity contribution in [1.82, 2.24) is 9.47 Å². The first-order chi connectivity index (χ1) is 11.2. The molecule has 1 unspecified atom stereocenters. The molecule has 0 bridgehead atoms. The number of hydrogen-bond acceptors (Lipinski definition) is 2. The second-order valence-corrected chi connectivity index (χ2v) is 6.25. The van der Waals surface area contributed by atoms with Crippen molar-refractivity contribution in [3.8, 4) is 0 Å². The molecule has 1 N–H and O–H groups in total. The van der Waals surface area contributed by atoms with Gasteiger partial charge in [-0.05, 0) is 24.5 Å². The molecule has 3 rings (SSSR count). The van der Waals surface area contributed by atoms with Crippen LogP contribution < -0.4 is 0 Å². The molecule has 0 fully saturated rings. The second kappa shape index (κ2) is 7.20. The van der Waals surface area contributed by atoms with Crippen LogP contribution in [0, 0.1) is 0 Å². The summed E-state index contributed by atoms with van der Waals surface area (Å²) < 4.78 is 1.98. The third-order valence-corrected chi connectivity index (χ3v) is 4.54. The lowest BCUT2D eigenvalue weighted by atomic mass is 10.1. The van der Waals surface area contributed by atoms with Crippen LogP contribution in [0.25, 0.3) is 0 Å². The summed E-state index contributed by atoms with van der Waals surface area (Å²) in [5.41, 5.74) is 2.49. The van der Waals surface area contributed by atoms with E-state index in [0.717, 1.165) is 17.7 Å². The molecule has 2 heterocycles. The van der Waals surface area contributed by atoms with Gasteiger partial charge in [-0.15, -0.1) is 11.6 Å². The zero-order valence-corrected chi connectivity index (χ0v) is 13.7. The quantitative estimate of drug-likeness (QED) is 0.855. The average Bonchev–Trinajstić information content (AvgIpc) is 2.93. The molecule has 0 saturated carbocycles. The minimum absolute atomic E-state index is 0.00604. The third-order valence-electron chi connectivity index (χ3n) is 4.27. The number of alkyl halides is 1. The molecule has 0 saturated heterocycles. The van der Waals surface area contributed by atoms with Gasteiger partial charge in [-0.3, -0.25) is 4.79 Å². The van der Waals surface area contributed by atoms with Gasteiger partial charge in [0.25, 0.3) is 5.91 Å². The Balaban J connectivity index is 1.88. The Morgan fingerprint density at radius 1 is 1.22 bits per heavy atom. The van der Waals surface area contributed by atoms with Crippen LogP contribution in [0.15, 0.2) is 42.6 Å². The van der Waals surface area contributed by atoms with Crippen molar-refractivity contribution in [3.05, 3.63) is 59.4 Å². The van der Waals surface area contributed by atoms with Crippen LogP contribution in [0.4, 0.5) is 0 Å². The van der Waals surface area contributed by atoms with Crippen LogP contribution >= 0.6 is 11.6 Å². The highest BCUT2D eigenvalue weighted by Gasteiger charge is 2.29. The lowest BCUT2D eigenvalue weighted by Crippen LogP contribution is -2.32. The number of fused-ring (bicyclic) bond motifs is 1. The van der Waals surface area contributed by atoms with Gasteiger partial charge in [0, 0.05) is 31.7 Å². The fraction of sp³-hybridized carbons (Fsp3) is 0.389. The average molecular weight is 333 g/mol. The van der Waals surface area contributed by atoms with E-state index < -0.39 is 6.10 Å². The van der Waals surface area contributed by atoms with Crippen molar-refractivity contribution in [2.24, 2.45) is 0 Å². The van der Waals surface area contributed by atoms with E-state index in [4.69, 9.17) is 11.6 Å². The number of carbonyl (C=O) groups excluding carboxylic acids is 1. The van der Waals surface area contributed by atoms with Crippen LogP contribution in [-0.2, 0) is 6.54 Å². The number of aromatic nitrogens is 1. The highest BCUT2D eigenvalue weighted by molar-refractivity contribution is 6.17. The first-order valence-corrected chi connectivity index (χ1v) is 8.50. The van der Waals surface area contributed by atoms with Gasteiger partial charge in [-0.2, -0.15) is 0 Å². The zero-order valence-electron chi connectivity index (χ0n) is 13.0. The molecule has 1 aliphatic rings. The maximum absolute atomic E-state index is 12.7. The summed E-state index contributed by atoms with van der Waals surface area (Å²) in [6.45, 7) is 1.86. The SMILES string of the molecule is O=C1c2ccn(Cc3ccccc3)c2C(O)CCN1CCCCl.